The third kappa shape index (κ3) is 4.04. The zero-order chi connectivity index (χ0) is 12.8. The Morgan fingerprint density at radius 2 is 2.28 bits per heavy atom. The van der Waals surface area contributed by atoms with Crippen molar-refractivity contribution in [2.24, 2.45) is 5.92 Å². The van der Waals surface area contributed by atoms with E-state index in [1.165, 1.54) is 43.9 Å². The molecule has 1 fully saturated rings. The molecule has 4 heteroatoms. The molecule has 0 aromatic carbocycles. The third-order valence-corrected chi connectivity index (χ3v) is 4.72. The van der Waals surface area contributed by atoms with Gasteiger partial charge >= 0.3 is 0 Å². The van der Waals surface area contributed by atoms with Gasteiger partial charge in [0.05, 0.1) is 0 Å². The molecule has 1 aliphatic heterocycles. The average Bonchev–Trinajstić information content (AvgIpc) is 2.90. The van der Waals surface area contributed by atoms with Crippen LogP contribution in [0.3, 0.4) is 0 Å². The minimum atomic E-state index is 0.609. The van der Waals surface area contributed by atoms with Crippen LogP contribution in [0.15, 0.2) is 11.6 Å². The second kappa shape index (κ2) is 7.22. The van der Waals surface area contributed by atoms with E-state index in [4.69, 9.17) is 0 Å². The van der Waals surface area contributed by atoms with Crippen LogP contribution < -0.4 is 5.32 Å². The van der Waals surface area contributed by atoms with Crippen LogP contribution in [0.25, 0.3) is 0 Å². The Kier molecular flexibility index (Phi) is 5.60. The van der Waals surface area contributed by atoms with E-state index in [0.29, 0.717) is 6.04 Å². The number of hydrogen-bond acceptors (Lipinski definition) is 4. The summed E-state index contributed by atoms with van der Waals surface area (Å²) in [6, 6.07) is 0.609. The van der Waals surface area contributed by atoms with Crippen LogP contribution in [0, 0.1) is 5.92 Å². The lowest BCUT2D eigenvalue weighted by Gasteiger charge is -2.35. The van der Waals surface area contributed by atoms with Crippen molar-refractivity contribution in [2.75, 3.05) is 19.6 Å². The van der Waals surface area contributed by atoms with Crippen LogP contribution in [-0.4, -0.2) is 35.6 Å². The fourth-order valence-electron chi connectivity index (χ4n) is 2.75. The lowest BCUT2D eigenvalue weighted by atomic mass is 9.90. The van der Waals surface area contributed by atoms with E-state index in [0.717, 1.165) is 12.5 Å². The first-order chi connectivity index (χ1) is 8.79. The molecule has 0 saturated carbocycles. The van der Waals surface area contributed by atoms with Crippen LogP contribution in [0.5, 0.6) is 0 Å². The number of rotatable bonds is 6. The van der Waals surface area contributed by atoms with E-state index >= 15 is 0 Å². The summed E-state index contributed by atoms with van der Waals surface area (Å²) >= 11 is 1.74. The molecular formula is C14H25N3S. The highest BCUT2D eigenvalue weighted by atomic mass is 32.1. The van der Waals surface area contributed by atoms with Crippen LogP contribution in [0.4, 0.5) is 0 Å². The van der Waals surface area contributed by atoms with Crippen LogP contribution in [-0.2, 0) is 6.54 Å². The molecule has 0 amide bonds. The standard InChI is InChI=1S/C14H25N3S/c1-3-7-17-8-4-13(5-9-17)12(2)16-11-14-15-6-10-18-14/h6,10,12-13,16H,3-5,7-9,11H2,1-2H3. The summed E-state index contributed by atoms with van der Waals surface area (Å²) in [5.74, 6) is 0.832. The lowest BCUT2D eigenvalue weighted by molar-refractivity contribution is 0.162. The summed E-state index contributed by atoms with van der Waals surface area (Å²) in [4.78, 5) is 6.92. The number of piperidine rings is 1. The van der Waals surface area contributed by atoms with Gasteiger partial charge in [-0.05, 0) is 51.7 Å². The maximum absolute atomic E-state index is 4.32. The van der Waals surface area contributed by atoms with Crippen LogP contribution >= 0.6 is 11.3 Å². The largest absolute Gasteiger partial charge is 0.308 e. The first-order valence-corrected chi connectivity index (χ1v) is 8.01. The van der Waals surface area contributed by atoms with Gasteiger partial charge in [-0.2, -0.15) is 0 Å². The zero-order valence-corrected chi connectivity index (χ0v) is 12.4. The van der Waals surface area contributed by atoms with Gasteiger partial charge in [-0.1, -0.05) is 6.92 Å². The van der Waals surface area contributed by atoms with Gasteiger partial charge in [-0.15, -0.1) is 11.3 Å². The van der Waals surface area contributed by atoms with E-state index in [2.05, 4.69) is 29.0 Å². The molecule has 3 nitrogen and oxygen atoms in total. The molecule has 1 N–H and O–H groups in total. The average molecular weight is 267 g/mol. The topological polar surface area (TPSA) is 28.2 Å². The zero-order valence-electron chi connectivity index (χ0n) is 11.6. The SMILES string of the molecule is CCCN1CCC(C(C)NCc2nccs2)CC1. The molecule has 1 aromatic heterocycles. The highest BCUT2D eigenvalue weighted by Gasteiger charge is 2.23. The molecule has 1 saturated heterocycles. The molecule has 102 valence electrons. The predicted octanol–water partition coefficient (Wildman–Crippen LogP) is 2.74. The van der Waals surface area contributed by atoms with Gasteiger partial charge in [0.15, 0.2) is 0 Å². The van der Waals surface area contributed by atoms with Gasteiger partial charge < -0.3 is 10.2 Å². The second-order valence-electron chi connectivity index (χ2n) is 5.27. The van der Waals surface area contributed by atoms with Crippen molar-refractivity contribution in [3.63, 3.8) is 0 Å². The van der Waals surface area contributed by atoms with Crippen molar-refractivity contribution in [1.82, 2.24) is 15.2 Å². The van der Waals surface area contributed by atoms with Gasteiger partial charge in [0.25, 0.3) is 0 Å². The van der Waals surface area contributed by atoms with Gasteiger partial charge in [0.2, 0.25) is 0 Å². The van der Waals surface area contributed by atoms with Crippen molar-refractivity contribution in [2.45, 2.75) is 45.7 Å². The quantitative estimate of drug-likeness (QED) is 0.859. The molecule has 1 aromatic rings. The fourth-order valence-corrected chi connectivity index (χ4v) is 3.32. The van der Waals surface area contributed by atoms with Crippen molar-refractivity contribution >= 4 is 11.3 Å². The molecule has 18 heavy (non-hydrogen) atoms. The molecule has 1 atom stereocenters. The van der Waals surface area contributed by atoms with Crippen molar-refractivity contribution in [3.05, 3.63) is 16.6 Å². The van der Waals surface area contributed by atoms with Gasteiger partial charge in [-0.3, -0.25) is 0 Å². The highest BCUT2D eigenvalue weighted by molar-refractivity contribution is 7.09. The number of thiazole rings is 1. The van der Waals surface area contributed by atoms with E-state index in [1.54, 1.807) is 11.3 Å². The summed E-state index contributed by atoms with van der Waals surface area (Å²) < 4.78 is 0. The minimum absolute atomic E-state index is 0.609. The van der Waals surface area contributed by atoms with Crippen LogP contribution in [0.1, 0.15) is 38.1 Å². The maximum Gasteiger partial charge on any atom is 0.106 e. The monoisotopic (exact) mass is 267 g/mol. The number of hydrogen-bond donors (Lipinski definition) is 1. The van der Waals surface area contributed by atoms with Gasteiger partial charge in [0.1, 0.15) is 5.01 Å². The summed E-state index contributed by atoms with van der Waals surface area (Å²) in [6.45, 7) is 9.35. The minimum Gasteiger partial charge on any atom is -0.308 e. The molecule has 2 rings (SSSR count). The van der Waals surface area contributed by atoms with Crippen molar-refractivity contribution < 1.29 is 0 Å². The molecular weight excluding hydrogens is 242 g/mol. The second-order valence-corrected chi connectivity index (χ2v) is 6.25. The Bertz CT molecular complexity index is 318. The van der Waals surface area contributed by atoms with Gasteiger partial charge in [-0.25, -0.2) is 4.98 Å². The molecule has 0 aliphatic carbocycles. The summed E-state index contributed by atoms with van der Waals surface area (Å²) in [7, 11) is 0. The lowest BCUT2D eigenvalue weighted by Crippen LogP contribution is -2.41. The van der Waals surface area contributed by atoms with E-state index < -0.39 is 0 Å². The molecule has 0 spiro atoms. The number of nitrogens with zero attached hydrogens (tertiary/aromatic N) is 2. The van der Waals surface area contributed by atoms with Crippen molar-refractivity contribution in [1.29, 1.82) is 0 Å². The summed E-state index contributed by atoms with van der Waals surface area (Å²) in [5.41, 5.74) is 0. The smallest absolute Gasteiger partial charge is 0.106 e. The van der Waals surface area contributed by atoms with Crippen molar-refractivity contribution in [3.8, 4) is 0 Å². The van der Waals surface area contributed by atoms with E-state index in [-0.39, 0.29) is 0 Å². The Morgan fingerprint density at radius 1 is 1.50 bits per heavy atom. The first kappa shape index (κ1) is 14.0. The molecule has 2 heterocycles. The number of likely N-dealkylation sites (tertiary alicyclic amines) is 1. The molecule has 1 aliphatic rings. The van der Waals surface area contributed by atoms with Gasteiger partial charge in [0, 0.05) is 24.2 Å². The Hall–Kier alpha value is -0.450. The van der Waals surface area contributed by atoms with E-state index in [9.17, 15) is 0 Å². The third-order valence-electron chi connectivity index (χ3n) is 3.94. The normalized spacial score (nSPS) is 20.1. The maximum atomic E-state index is 4.32. The Balaban J connectivity index is 1.69. The van der Waals surface area contributed by atoms with E-state index in [1.807, 2.05) is 11.6 Å². The molecule has 0 bridgehead atoms. The summed E-state index contributed by atoms with van der Waals surface area (Å²) in [6.07, 6.45) is 5.84. The number of nitrogens with one attached hydrogen (secondary N) is 1. The first-order valence-electron chi connectivity index (χ1n) is 7.13. The summed E-state index contributed by atoms with van der Waals surface area (Å²) in [5, 5.41) is 6.88. The predicted molar refractivity (Wildman–Crippen MR) is 77.9 cm³/mol. The fraction of sp³-hybridized carbons (Fsp3) is 0.786. The Morgan fingerprint density at radius 3 is 2.89 bits per heavy atom. The molecule has 0 radical (unpaired) electrons. The molecule has 1 unspecified atom stereocenters. The highest BCUT2D eigenvalue weighted by Crippen LogP contribution is 2.21. The number of aromatic nitrogens is 1. The van der Waals surface area contributed by atoms with Crippen LogP contribution in [0.2, 0.25) is 0 Å². The Labute approximate surface area is 115 Å².